The van der Waals surface area contributed by atoms with Crippen LogP contribution < -0.4 is 4.90 Å². The van der Waals surface area contributed by atoms with Crippen LogP contribution in [0.1, 0.15) is 26.7 Å². The lowest BCUT2D eigenvalue weighted by Crippen LogP contribution is -2.53. The molecule has 2 aromatic rings. The summed E-state index contributed by atoms with van der Waals surface area (Å²) in [7, 11) is -0.733. The zero-order valence-corrected chi connectivity index (χ0v) is 15.4. The zero-order chi connectivity index (χ0) is 15.7. The molecular weight excluding hydrogens is 360 g/mol. The fourth-order valence-corrected chi connectivity index (χ4v) is 5.40. The summed E-state index contributed by atoms with van der Waals surface area (Å²) >= 11 is 3.51. The minimum Gasteiger partial charge on any atom is -0.369 e. The van der Waals surface area contributed by atoms with Crippen LogP contribution in [-0.4, -0.2) is 32.8 Å². The van der Waals surface area contributed by atoms with Crippen molar-refractivity contribution in [1.29, 1.82) is 0 Å². The van der Waals surface area contributed by atoms with Crippen LogP contribution in [0.5, 0.6) is 0 Å². The smallest absolute Gasteiger partial charge is 0.0734 e. The Labute approximate surface area is 142 Å². The van der Waals surface area contributed by atoms with Crippen molar-refractivity contribution in [2.45, 2.75) is 31.4 Å². The minimum absolute atomic E-state index is 0.0802. The highest BCUT2D eigenvalue weighted by atomic mass is 79.9. The lowest BCUT2D eigenvalue weighted by atomic mass is 10.0. The van der Waals surface area contributed by atoms with Crippen LogP contribution in [0, 0.1) is 0 Å². The molecule has 0 radical (unpaired) electrons. The predicted octanol–water partition coefficient (Wildman–Crippen LogP) is 4.12. The summed E-state index contributed by atoms with van der Waals surface area (Å²) in [6.45, 7) is 6.03. The van der Waals surface area contributed by atoms with Gasteiger partial charge in [0.05, 0.1) is 10.3 Å². The van der Waals surface area contributed by atoms with Crippen molar-refractivity contribution >= 4 is 43.3 Å². The highest BCUT2D eigenvalue weighted by Gasteiger charge is 2.39. The van der Waals surface area contributed by atoms with Crippen LogP contribution in [0.25, 0.3) is 10.9 Å². The molecular formula is C17H21BrN2OS. The predicted molar refractivity (Wildman–Crippen MR) is 98.0 cm³/mol. The van der Waals surface area contributed by atoms with Crippen molar-refractivity contribution in [2.24, 2.45) is 0 Å². The molecule has 1 aliphatic heterocycles. The van der Waals surface area contributed by atoms with E-state index < -0.39 is 10.8 Å². The van der Waals surface area contributed by atoms with E-state index >= 15 is 0 Å². The Kier molecular flexibility index (Phi) is 4.55. The molecule has 0 N–H and O–H groups in total. The van der Waals surface area contributed by atoms with Crippen LogP contribution in [0.15, 0.2) is 34.9 Å². The normalized spacial score (nSPS) is 21.2. The van der Waals surface area contributed by atoms with Gasteiger partial charge in [0.25, 0.3) is 0 Å². The van der Waals surface area contributed by atoms with E-state index in [0.29, 0.717) is 0 Å². The maximum absolute atomic E-state index is 12.5. The molecule has 3 rings (SSSR count). The summed E-state index contributed by atoms with van der Waals surface area (Å²) in [5, 5.41) is 1.17. The third-order valence-electron chi connectivity index (χ3n) is 4.82. The fourth-order valence-electron chi connectivity index (χ4n) is 3.29. The van der Waals surface area contributed by atoms with Crippen molar-refractivity contribution < 1.29 is 4.21 Å². The average Bonchev–Trinajstić information content (AvgIpc) is 2.55. The van der Waals surface area contributed by atoms with Gasteiger partial charge in [-0.05, 0) is 37.1 Å². The lowest BCUT2D eigenvalue weighted by Gasteiger charge is -2.42. The van der Waals surface area contributed by atoms with Gasteiger partial charge in [0.15, 0.2) is 0 Å². The second kappa shape index (κ2) is 6.28. The van der Waals surface area contributed by atoms with Gasteiger partial charge in [-0.15, -0.1) is 0 Å². The van der Waals surface area contributed by atoms with Gasteiger partial charge >= 0.3 is 0 Å². The Morgan fingerprint density at radius 3 is 2.82 bits per heavy atom. The molecule has 0 spiro atoms. The van der Waals surface area contributed by atoms with Crippen molar-refractivity contribution in [1.82, 2.24) is 4.98 Å². The van der Waals surface area contributed by atoms with E-state index in [0.717, 1.165) is 41.7 Å². The second-order valence-corrected chi connectivity index (χ2v) is 8.73. The zero-order valence-electron chi connectivity index (χ0n) is 13.0. The Morgan fingerprint density at radius 1 is 1.32 bits per heavy atom. The number of hydrogen-bond acceptors (Lipinski definition) is 3. The van der Waals surface area contributed by atoms with E-state index in [2.05, 4.69) is 57.9 Å². The van der Waals surface area contributed by atoms with Gasteiger partial charge < -0.3 is 4.90 Å². The molecule has 22 heavy (non-hydrogen) atoms. The quantitative estimate of drug-likeness (QED) is 0.802. The number of hydrogen-bond donors (Lipinski definition) is 0. The molecule has 118 valence electrons. The van der Waals surface area contributed by atoms with Crippen LogP contribution in [0.4, 0.5) is 5.69 Å². The number of anilines is 1. The van der Waals surface area contributed by atoms with E-state index in [1.165, 1.54) is 11.1 Å². The van der Waals surface area contributed by atoms with E-state index in [-0.39, 0.29) is 4.75 Å². The maximum atomic E-state index is 12.5. The molecule has 5 heteroatoms. The molecule has 1 unspecified atom stereocenters. The minimum atomic E-state index is -0.733. The standard InChI is InChI=1S/C17H21BrN2OS/c1-3-17(4-2)12-20(9-10-22(17)21)16-7-8-19-15-11-13(18)5-6-14(15)16/h5-8,11H,3-4,9-10,12H2,1-2H3. The lowest BCUT2D eigenvalue weighted by molar-refractivity contribution is 0.496. The average molecular weight is 381 g/mol. The molecule has 1 saturated heterocycles. The fraction of sp³-hybridized carbons (Fsp3) is 0.471. The molecule has 1 aromatic carbocycles. The van der Waals surface area contributed by atoms with E-state index in [4.69, 9.17) is 0 Å². The third kappa shape index (κ3) is 2.69. The van der Waals surface area contributed by atoms with E-state index in [1.807, 2.05) is 12.3 Å². The number of fused-ring (bicyclic) bond motifs is 1. The molecule has 0 saturated carbocycles. The summed E-state index contributed by atoms with van der Waals surface area (Å²) in [5.74, 6) is 0.752. The SMILES string of the molecule is CCC1(CC)CN(c2ccnc3cc(Br)ccc23)CCS1=O. The van der Waals surface area contributed by atoms with Gasteiger partial charge in [-0.25, -0.2) is 0 Å². The number of halogens is 1. The first-order valence-corrected chi connectivity index (χ1v) is 9.88. The number of aromatic nitrogens is 1. The molecule has 2 heterocycles. The Morgan fingerprint density at radius 2 is 2.09 bits per heavy atom. The van der Waals surface area contributed by atoms with Crippen molar-refractivity contribution in [3.05, 3.63) is 34.9 Å². The summed E-state index contributed by atoms with van der Waals surface area (Å²) in [6, 6.07) is 8.31. The first kappa shape index (κ1) is 15.9. The summed E-state index contributed by atoms with van der Waals surface area (Å²) in [5.41, 5.74) is 2.21. The van der Waals surface area contributed by atoms with Crippen LogP contribution in [0.3, 0.4) is 0 Å². The van der Waals surface area contributed by atoms with Crippen LogP contribution in [0.2, 0.25) is 0 Å². The van der Waals surface area contributed by atoms with Gasteiger partial charge in [0, 0.05) is 51.4 Å². The first-order valence-electron chi connectivity index (χ1n) is 7.77. The Balaban J connectivity index is 2.03. The maximum Gasteiger partial charge on any atom is 0.0734 e. The van der Waals surface area contributed by atoms with Crippen molar-refractivity contribution in [3.8, 4) is 0 Å². The first-order chi connectivity index (χ1) is 10.6. The van der Waals surface area contributed by atoms with Crippen molar-refractivity contribution in [2.75, 3.05) is 23.7 Å². The molecule has 0 aliphatic carbocycles. The number of pyridine rings is 1. The molecule has 1 aliphatic rings. The number of benzene rings is 1. The summed E-state index contributed by atoms with van der Waals surface area (Å²) in [4.78, 5) is 6.87. The van der Waals surface area contributed by atoms with E-state index in [1.54, 1.807) is 0 Å². The molecule has 1 aromatic heterocycles. The molecule has 3 nitrogen and oxygen atoms in total. The van der Waals surface area contributed by atoms with Gasteiger partial charge in [0.2, 0.25) is 0 Å². The Bertz CT molecular complexity index is 715. The summed E-state index contributed by atoms with van der Waals surface area (Å²) in [6.07, 6.45) is 3.79. The monoisotopic (exact) mass is 380 g/mol. The highest BCUT2D eigenvalue weighted by molar-refractivity contribution is 9.10. The summed E-state index contributed by atoms with van der Waals surface area (Å²) < 4.78 is 13.5. The second-order valence-electron chi connectivity index (χ2n) is 5.85. The number of nitrogens with zero attached hydrogens (tertiary/aromatic N) is 2. The molecule has 0 bridgehead atoms. The van der Waals surface area contributed by atoms with Gasteiger partial charge in [-0.1, -0.05) is 29.8 Å². The van der Waals surface area contributed by atoms with Crippen molar-refractivity contribution in [3.63, 3.8) is 0 Å². The molecule has 0 amide bonds. The molecule has 1 fully saturated rings. The Hall–Kier alpha value is -0.940. The topological polar surface area (TPSA) is 33.2 Å². The largest absolute Gasteiger partial charge is 0.369 e. The van der Waals surface area contributed by atoms with Gasteiger partial charge in [-0.2, -0.15) is 0 Å². The third-order valence-corrected chi connectivity index (χ3v) is 7.54. The van der Waals surface area contributed by atoms with Gasteiger partial charge in [0.1, 0.15) is 0 Å². The van der Waals surface area contributed by atoms with Crippen LogP contribution in [-0.2, 0) is 10.8 Å². The van der Waals surface area contributed by atoms with E-state index in [9.17, 15) is 4.21 Å². The van der Waals surface area contributed by atoms with Gasteiger partial charge in [-0.3, -0.25) is 9.19 Å². The molecule has 1 atom stereocenters. The van der Waals surface area contributed by atoms with Crippen LogP contribution >= 0.6 is 15.9 Å². The number of rotatable bonds is 3. The highest BCUT2D eigenvalue weighted by Crippen LogP contribution is 2.34.